The summed E-state index contributed by atoms with van der Waals surface area (Å²) in [7, 11) is 0. The first kappa shape index (κ1) is 28.2. The van der Waals surface area contributed by atoms with Crippen LogP contribution in [0.2, 0.25) is 5.02 Å². The van der Waals surface area contributed by atoms with E-state index in [0.29, 0.717) is 11.1 Å². The second-order valence-corrected chi connectivity index (χ2v) is 8.07. The standard InChI is InChI=1S/C23H20ClF7N2O2/c1-12-7-14(3-5-16(12)21(35)32-10-19(34)33-11-22(26,27)28)4-6-17(23(29,30)31)15-8-13(2)20(25)18(24)9-15/h3-9,17H,10-11H2,1-2H3,(H,32,35)(H,33,34)/b6-4+. The van der Waals surface area contributed by atoms with Crippen molar-refractivity contribution in [1.82, 2.24) is 10.6 Å². The van der Waals surface area contributed by atoms with Crippen molar-refractivity contribution in [2.45, 2.75) is 32.1 Å². The molecule has 0 fully saturated rings. The zero-order valence-electron chi connectivity index (χ0n) is 18.4. The van der Waals surface area contributed by atoms with Crippen LogP contribution < -0.4 is 10.6 Å². The number of nitrogens with one attached hydrogen (secondary N) is 2. The van der Waals surface area contributed by atoms with Crippen molar-refractivity contribution in [3.05, 3.63) is 75.1 Å². The number of aryl methyl sites for hydroxylation is 2. The zero-order chi connectivity index (χ0) is 26.6. The number of amides is 2. The topological polar surface area (TPSA) is 58.2 Å². The summed E-state index contributed by atoms with van der Waals surface area (Å²) in [6.07, 6.45) is -7.22. The molecular formula is C23H20ClF7N2O2. The quantitative estimate of drug-likeness (QED) is 0.446. The molecule has 0 aromatic heterocycles. The van der Waals surface area contributed by atoms with Crippen LogP contribution in [0, 0.1) is 19.7 Å². The Kier molecular flexibility index (Phi) is 8.94. The number of halogens is 8. The number of rotatable bonds is 7. The Bertz CT molecular complexity index is 1100. The highest BCUT2D eigenvalue weighted by Gasteiger charge is 2.39. The number of carbonyl (C=O) groups excluding carboxylic acids is 2. The predicted molar refractivity (Wildman–Crippen MR) is 117 cm³/mol. The van der Waals surface area contributed by atoms with Gasteiger partial charge in [-0.25, -0.2) is 4.39 Å². The van der Waals surface area contributed by atoms with Gasteiger partial charge in [-0.05, 0) is 48.2 Å². The highest BCUT2D eigenvalue weighted by molar-refractivity contribution is 6.30. The highest BCUT2D eigenvalue weighted by Crippen LogP contribution is 2.38. The van der Waals surface area contributed by atoms with E-state index in [4.69, 9.17) is 11.6 Å². The van der Waals surface area contributed by atoms with Crippen LogP contribution in [0.4, 0.5) is 30.7 Å². The molecule has 2 rings (SSSR count). The molecule has 0 spiro atoms. The van der Waals surface area contributed by atoms with E-state index in [2.05, 4.69) is 5.32 Å². The predicted octanol–water partition coefficient (Wildman–Crippen LogP) is 5.86. The molecule has 0 saturated carbocycles. The number of alkyl halides is 6. The lowest BCUT2D eigenvalue weighted by atomic mass is 9.95. The van der Waals surface area contributed by atoms with Crippen molar-refractivity contribution in [2.24, 2.45) is 0 Å². The van der Waals surface area contributed by atoms with Gasteiger partial charge in [-0.2, -0.15) is 26.3 Å². The zero-order valence-corrected chi connectivity index (χ0v) is 19.1. The second-order valence-electron chi connectivity index (χ2n) is 7.66. The van der Waals surface area contributed by atoms with E-state index in [1.165, 1.54) is 38.1 Å². The summed E-state index contributed by atoms with van der Waals surface area (Å²) in [5, 5.41) is 3.35. The molecule has 0 aliphatic rings. The molecule has 2 N–H and O–H groups in total. The molecule has 190 valence electrons. The molecule has 0 aliphatic heterocycles. The van der Waals surface area contributed by atoms with Crippen molar-refractivity contribution in [2.75, 3.05) is 13.1 Å². The first-order chi connectivity index (χ1) is 16.1. The summed E-state index contributed by atoms with van der Waals surface area (Å²) >= 11 is 5.70. The average Bonchev–Trinajstić information content (AvgIpc) is 2.73. The summed E-state index contributed by atoms with van der Waals surface area (Å²) in [6.45, 7) is 0.572. The summed E-state index contributed by atoms with van der Waals surface area (Å²) in [5.74, 6) is -4.66. The number of allylic oxidation sites excluding steroid dienone is 1. The molecule has 2 aromatic carbocycles. The van der Waals surface area contributed by atoms with E-state index in [1.54, 1.807) is 5.32 Å². The van der Waals surface area contributed by atoms with Gasteiger partial charge < -0.3 is 10.6 Å². The van der Waals surface area contributed by atoms with Crippen LogP contribution in [0.25, 0.3) is 6.08 Å². The molecule has 1 atom stereocenters. The molecule has 1 unspecified atom stereocenters. The Morgan fingerprint density at radius 1 is 1.00 bits per heavy atom. The normalized spacial score (nSPS) is 13.1. The molecule has 35 heavy (non-hydrogen) atoms. The maximum atomic E-state index is 13.7. The molecular weight excluding hydrogens is 505 g/mol. The van der Waals surface area contributed by atoms with E-state index in [0.717, 1.165) is 18.2 Å². The molecule has 2 aromatic rings. The van der Waals surface area contributed by atoms with Crippen molar-refractivity contribution in [1.29, 1.82) is 0 Å². The van der Waals surface area contributed by atoms with Gasteiger partial charge in [0.2, 0.25) is 5.91 Å². The molecule has 2 amide bonds. The first-order valence-electron chi connectivity index (χ1n) is 10.0. The Morgan fingerprint density at radius 2 is 1.66 bits per heavy atom. The Balaban J connectivity index is 2.15. The third-order valence-electron chi connectivity index (χ3n) is 4.82. The fourth-order valence-electron chi connectivity index (χ4n) is 3.11. The van der Waals surface area contributed by atoms with Crippen molar-refractivity contribution < 1.29 is 40.3 Å². The summed E-state index contributed by atoms with van der Waals surface area (Å²) in [6, 6.07) is 6.06. The van der Waals surface area contributed by atoms with Crippen LogP contribution in [-0.2, 0) is 4.79 Å². The Morgan fingerprint density at radius 3 is 2.20 bits per heavy atom. The molecule has 0 aliphatic carbocycles. The van der Waals surface area contributed by atoms with E-state index in [-0.39, 0.29) is 16.7 Å². The molecule has 0 bridgehead atoms. The average molecular weight is 525 g/mol. The first-order valence-corrected chi connectivity index (χ1v) is 10.4. The number of hydrogen-bond donors (Lipinski definition) is 2. The van der Waals surface area contributed by atoms with E-state index < -0.39 is 54.0 Å². The van der Waals surface area contributed by atoms with E-state index in [1.807, 2.05) is 0 Å². The molecule has 0 radical (unpaired) electrons. The monoisotopic (exact) mass is 524 g/mol. The van der Waals surface area contributed by atoms with Gasteiger partial charge in [-0.15, -0.1) is 0 Å². The summed E-state index contributed by atoms with van der Waals surface area (Å²) in [4.78, 5) is 23.6. The van der Waals surface area contributed by atoms with Crippen LogP contribution in [-0.4, -0.2) is 37.3 Å². The summed E-state index contributed by atoms with van der Waals surface area (Å²) in [5.41, 5.74) is 0.479. The van der Waals surface area contributed by atoms with Crippen LogP contribution in [0.15, 0.2) is 36.4 Å². The van der Waals surface area contributed by atoms with Crippen molar-refractivity contribution >= 4 is 29.5 Å². The fourth-order valence-corrected chi connectivity index (χ4v) is 3.39. The fraction of sp³-hybridized carbons (Fsp3) is 0.304. The summed E-state index contributed by atoms with van der Waals surface area (Å²) < 4.78 is 91.0. The van der Waals surface area contributed by atoms with Gasteiger partial charge in [0, 0.05) is 5.56 Å². The number of hydrogen-bond acceptors (Lipinski definition) is 2. The largest absolute Gasteiger partial charge is 0.405 e. The van der Waals surface area contributed by atoms with Crippen molar-refractivity contribution in [3.8, 4) is 0 Å². The van der Waals surface area contributed by atoms with Crippen molar-refractivity contribution in [3.63, 3.8) is 0 Å². The molecule has 12 heteroatoms. The smallest absolute Gasteiger partial charge is 0.345 e. The lowest BCUT2D eigenvalue weighted by Gasteiger charge is -2.18. The van der Waals surface area contributed by atoms with Crippen LogP contribution in [0.3, 0.4) is 0 Å². The van der Waals surface area contributed by atoms with Gasteiger partial charge in [0.25, 0.3) is 5.91 Å². The third kappa shape index (κ3) is 8.27. The van der Waals surface area contributed by atoms with Gasteiger partial charge in [0.15, 0.2) is 0 Å². The number of benzene rings is 2. The Labute approximate surface area is 201 Å². The maximum Gasteiger partial charge on any atom is 0.405 e. The minimum Gasteiger partial charge on any atom is -0.345 e. The van der Waals surface area contributed by atoms with Crippen LogP contribution in [0.1, 0.15) is 38.5 Å². The van der Waals surface area contributed by atoms with E-state index in [9.17, 15) is 40.3 Å². The lowest BCUT2D eigenvalue weighted by molar-refractivity contribution is -0.139. The minimum atomic E-state index is -4.69. The molecule has 0 heterocycles. The maximum absolute atomic E-state index is 13.7. The highest BCUT2D eigenvalue weighted by atomic mass is 35.5. The Hall–Kier alpha value is -3.08. The van der Waals surface area contributed by atoms with Gasteiger partial charge >= 0.3 is 12.4 Å². The van der Waals surface area contributed by atoms with Crippen LogP contribution in [0.5, 0.6) is 0 Å². The molecule has 4 nitrogen and oxygen atoms in total. The number of carbonyl (C=O) groups is 2. The van der Waals surface area contributed by atoms with Gasteiger partial charge in [0.1, 0.15) is 12.4 Å². The van der Waals surface area contributed by atoms with E-state index >= 15 is 0 Å². The lowest BCUT2D eigenvalue weighted by Crippen LogP contribution is -2.41. The van der Waals surface area contributed by atoms with Gasteiger partial charge in [0.05, 0.1) is 17.5 Å². The minimum absolute atomic E-state index is 0.0338. The van der Waals surface area contributed by atoms with Gasteiger partial charge in [-0.1, -0.05) is 42.0 Å². The van der Waals surface area contributed by atoms with Gasteiger partial charge in [-0.3, -0.25) is 9.59 Å². The third-order valence-corrected chi connectivity index (χ3v) is 5.09. The molecule has 0 saturated heterocycles. The van der Waals surface area contributed by atoms with Crippen LogP contribution >= 0.6 is 11.6 Å². The second kappa shape index (κ2) is 11.1. The SMILES string of the molecule is Cc1cc(/C=C/C(c2cc(C)c(F)c(Cl)c2)C(F)(F)F)ccc1C(=O)NCC(=O)NCC(F)(F)F.